The molecule has 0 aromatic heterocycles. The van der Waals surface area contributed by atoms with Gasteiger partial charge in [-0.25, -0.2) is 0 Å². The Labute approximate surface area is 143 Å². The minimum absolute atomic E-state index is 0.782. The van der Waals surface area contributed by atoms with Crippen LogP contribution in [-0.2, 0) is 6.42 Å². The molecule has 0 aliphatic heterocycles. The first kappa shape index (κ1) is 19.2. The van der Waals surface area contributed by atoms with E-state index in [2.05, 4.69) is 69.8 Å². The van der Waals surface area contributed by atoms with Crippen LogP contribution in [0, 0.1) is 12.8 Å². The van der Waals surface area contributed by atoms with E-state index in [-0.39, 0.29) is 0 Å². The van der Waals surface area contributed by atoms with Crippen LogP contribution in [0.5, 0.6) is 0 Å². The molecular weight excluding hydrogens is 276 g/mol. The van der Waals surface area contributed by atoms with E-state index in [1.807, 2.05) is 19.9 Å². The van der Waals surface area contributed by atoms with Crippen molar-refractivity contribution >= 4 is 6.08 Å². The van der Waals surface area contributed by atoms with Gasteiger partial charge in [0.05, 0.1) is 0 Å². The molecule has 0 saturated heterocycles. The summed E-state index contributed by atoms with van der Waals surface area (Å²) in [5, 5.41) is 0. The molecule has 0 heterocycles. The van der Waals surface area contributed by atoms with E-state index >= 15 is 0 Å². The molecule has 2 rings (SSSR count). The summed E-state index contributed by atoms with van der Waals surface area (Å²) in [6, 6.07) is 15.2. The topological polar surface area (TPSA) is 0 Å². The highest BCUT2D eigenvalue weighted by atomic mass is 14.1. The van der Waals surface area contributed by atoms with Gasteiger partial charge in [0.25, 0.3) is 0 Å². The van der Waals surface area contributed by atoms with Crippen LogP contribution in [0.1, 0.15) is 57.2 Å². The lowest BCUT2D eigenvalue weighted by Crippen LogP contribution is -1.99. The molecular formula is C23H32. The summed E-state index contributed by atoms with van der Waals surface area (Å²) < 4.78 is 0. The first-order valence-electron chi connectivity index (χ1n) is 8.97. The molecule has 0 bridgehead atoms. The smallest absolute Gasteiger partial charge is 0.0106 e. The molecule has 0 radical (unpaired) electrons. The third kappa shape index (κ3) is 5.10. The van der Waals surface area contributed by atoms with Gasteiger partial charge in [-0.15, -0.1) is 0 Å². The standard InChI is InChI=1S/C21H26.C2H6/c1-5-16(3)14-15-18-11-9-13-21(19(18)6-2)20-12-8-7-10-17(20)4;1-2/h6-13,16H,2,5,14-15H2,1,3-4H3;1-2H3/t16-;/m0./s1. The molecule has 0 saturated carbocycles. The predicted molar refractivity (Wildman–Crippen MR) is 106 cm³/mol. The van der Waals surface area contributed by atoms with Crippen molar-refractivity contribution in [3.8, 4) is 11.1 Å². The second-order valence-corrected chi connectivity index (χ2v) is 5.95. The van der Waals surface area contributed by atoms with Crippen molar-refractivity contribution in [1.82, 2.24) is 0 Å². The maximum Gasteiger partial charge on any atom is -0.0106 e. The number of rotatable bonds is 6. The monoisotopic (exact) mass is 308 g/mol. The molecule has 0 aliphatic carbocycles. The lowest BCUT2D eigenvalue weighted by molar-refractivity contribution is 0.516. The van der Waals surface area contributed by atoms with E-state index in [9.17, 15) is 0 Å². The molecule has 0 N–H and O–H groups in total. The van der Waals surface area contributed by atoms with E-state index in [0.717, 1.165) is 12.3 Å². The fourth-order valence-corrected chi connectivity index (χ4v) is 2.79. The normalized spacial score (nSPS) is 11.3. The molecule has 0 aliphatic rings. The van der Waals surface area contributed by atoms with Gasteiger partial charge in [0.1, 0.15) is 0 Å². The largest absolute Gasteiger partial charge is 0.0984 e. The van der Waals surface area contributed by atoms with Crippen LogP contribution in [0.2, 0.25) is 0 Å². The van der Waals surface area contributed by atoms with E-state index < -0.39 is 0 Å². The zero-order valence-corrected chi connectivity index (χ0v) is 15.5. The maximum absolute atomic E-state index is 4.05. The lowest BCUT2D eigenvalue weighted by atomic mass is 9.89. The van der Waals surface area contributed by atoms with Crippen LogP contribution in [0.4, 0.5) is 0 Å². The Morgan fingerprint density at radius 1 is 1.00 bits per heavy atom. The minimum atomic E-state index is 0.782. The highest BCUT2D eigenvalue weighted by molar-refractivity contribution is 5.78. The highest BCUT2D eigenvalue weighted by Crippen LogP contribution is 2.30. The Morgan fingerprint density at radius 2 is 1.65 bits per heavy atom. The van der Waals surface area contributed by atoms with Crippen LogP contribution in [0.15, 0.2) is 49.0 Å². The Balaban J connectivity index is 0.00000127. The summed E-state index contributed by atoms with van der Waals surface area (Å²) in [6.07, 6.45) is 5.65. The van der Waals surface area contributed by atoms with Crippen molar-refractivity contribution in [3.05, 3.63) is 65.7 Å². The molecule has 0 unspecified atom stereocenters. The number of aryl methyl sites for hydroxylation is 2. The minimum Gasteiger partial charge on any atom is -0.0984 e. The van der Waals surface area contributed by atoms with Gasteiger partial charge >= 0.3 is 0 Å². The number of benzene rings is 2. The van der Waals surface area contributed by atoms with Crippen LogP contribution >= 0.6 is 0 Å². The van der Waals surface area contributed by atoms with Gasteiger partial charge in [-0.05, 0) is 53.5 Å². The van der Waals surface area contributed by atoms with Crippen LogP contribution in [0.3, 0.4) is 0 Å². The Hall–Kier alpha value is -1.82. The maximum atomic E-state index is 4.05. The first-order chi connectivity index (χ1) is 11.2. The molecule has 23 heavy (non-hydrogen) atoms. The lowest BCUT2D eigenvalue weighted by Gasteiger charge is -2.15. The summed E-state index contributed by atoms with van der Waals surface area (Å²) in [5.41, 5.74) is 6.67. The number of hydrogen-bond donors (Lipinski definition) is 0. The molecule has 2 aromatic carbocycles. The Bertz CT molecular complexity index is 607. The summed E-state index contributed by atoms with van der Waals surface area (Å²) in [4.78, 5) is 0. The van der Waals surface area contributed by atoms with E-state index in [0.29, 0.717) is 0 Å². The van der Waals surface area contributed by atoms with Gasteiger partial charge in [0.2, 0.25) is 0 Å². The second kappa shape index (κ2) is 10.0. The Kier molecular flexibility index (Phi) is 8.40. The third-order valence-corrected chi connectivity index (χ3v) is 4.44. The summed E-state index contributed by atoms with van der Waals surface area (Å²) in [6.45, 7) is 14.8. The van der Waals surface area contributed by atoms with Crippen molar-refractivity contribution in [2.75, 3.05) is 0 Å². The van der Waals surface area contributed by atoms with E-state index in [1.165, 1.54) is 40.7 Å². The molecule has 0 amide bonds. The van der Waals surface area contributed by atoms with E-state index in [1.54, 1.807) is 0 Å². The summed E-state index contributed by atoms with van der Waals surface area (Å²) >= 11 is 0. The fraction of sp³-hybridized carbons (Fsp3) is 0.391. The average molecular weight is 309 g/mol. The first-order valence-corrected chi connectivity index (χ1v) is 8.97. The molecule has 1 atom stereocenters. The van der Waals surface area contributed by atoms with Crippen molar-refractivity contribution in [2.24, 2.45) is 5.92 Å². The molecule has 0 heteroatoms. The van der Waals surface area contributed by atoms with Crippen molar-refractivity contribution < 1.29 is 0 Å². The van der Waals surface area contributed by atoms with E-state index in [4.69, 9.17) is 0 Å². The highest BCUT2D eigenvalue weighted by Gasteiger charge is 2.10. The van der Waals surface area contributed by atoms with Gasteiger partial charge < -0.3 is 0 Å². The summed E-state index contributed by atoms with van der Waals surface area (Å²) in [5.74, 6) is 0.782. The third-order valence-electron chi connectivity index (χ3n) is 4.44. The summed E-state index contributed by atoms with van der Waals surface area (Å²) in [7, 11) is 0. The van der Waals surface area contributed by atoms with Gasteiger partial charge in [0, 0.05) is 0 Å². The predicted octanol–water partition coefficient (Wildman–Crippen LogP) is 7.31. The second-order valence-electron chi connectivity index (χ2n) is 5.95. The van der Waals surface area contributed by atoms with Crippen molar-refractivity contribution in [1.29, 1.82) is 0 Å². The molecule has 124 valence electrons. The van der Waals surface area contributed by atoms with Gasteiger partial charge in [0.15, 0.2) is 0 Å². The fourth-order valence-electron chi connectivity index (χ4n) is 2.79. The van der Waals surface area contributed by atoms with Gasteiger partial charge in [-0.2, -0.15) is 0 Å². The average Bonchev–Trinajstić information content (AvgIpc) is 2.61. The molecule has 0 fully saturated rings. The molecule has 0 spiro atoms. The van der Waals surface area contributed by atoms with Gasteiger partial charge in [-0.1, -0.05) is 89.2 Å². The van der Waals surface area contributed by atoms with Crippen molar-refractivity contribution in [2.45, 2.75) is 53.9 Å². The molecule has 2 aromatic rings. The van der Waals surface area contributed by atoms with Crippen LogP contribution in [0.25, 0.3) is 17.2 Å². The van der Waals surface area contributed by atoms with Crippen molar-refractivity contribution in [3.63, 3.8) is 0 Å². The van der Waals surface area contributed by atoms with Crippen LogP contribution in [-0.4, -0.2) is 0 Å². The van der Waals surface area contributed by atoms with Gasteiger partial charge in [-0.3, -0.25) is 0 Å². The zero-order chi connectivity index (χ0) is 17.2. The Morgan fingerprint density at radius 3 is 2.26 bits per heavy atom. The number of hydrogen-bond acceptors (Lipinski definition) is 0. The quantitative estimate of drug-likeness (QED) is 0.524. The zero-order valence-electron chi connectivity index (χ0n) is 15.5. The SMILES string of the molecule is C=Cc1c(CC[C@@H](C)CC)cccc1-c1ccccc1C.CC. The molecule has 0 nitrogen and oxygen atoms in total. The van der Waals surface area contributed by atoms with Crippen LogP contribution < -0.4 is 0 Å².